The van der Waals surface area contributed by atoms with E-state index in [1.807, 2.05) is 0 Å². The largest absolute Gasteiger partial charge is 0.327 e. The molecule has 0 unspecified atom stereocenters. The fourth-order valence-electron chi connectivity index (χ4n) is 1.97. The topological polar surface area (TPSA) is 26.0 Å². The van der Waals surface area contributed by atoms with Gasteiger partial charge in [0, 0.05) is 6.04 Å². The van der Waals surface area contributed by atoms with Gasteiger partial charge in [0.25, 0.3) is 0 Å². The quantitative estimate of drug-likeness (QED) is 0.666. The van der Waals surface area contributed by atoms with Gasteiger partial charge in [0.15, 0.2) is 0 Å². The van der Waals surface area contributed by atoms with Crippen molar-refractivity contribution in [2.75, 3.05) is 0 Å². The average Bonchev–Trinajstić information content (AvgIpc) is 2.31. The molecule has 11 heavy (non-hydrogen) atoms. The first-order valence-electron chi connectivity index (χ1n) is 4.95. The molecule has 1 aliphatic carbocycles. The molecule has 1 fully saturated rings. The zero-order valence-corrected chi connectivity index (χ0v) is 7.84. The van der Waals surface area contributed by atoms with Crippen LogP contribution in [0.15, 0.2) is 0 Å². The van der Waals surface area contributed by atoms with Crippen LogP contribution in [-0.4, -0.2) is 6.04 Å². The van der Waals surface area contributed by atoms with Gasteiger partial charge in [0.1, 0.15) is 0 Å². The molecule has 2 atom stereocenters. The standard InChI is InChI=1S/C10H21N/c1-8(2)6-7-9-4-3-5-10(9)11/h8-10H,3-7,11H2,1-2H3/t9-,10-/m1/s1. The van der Waals surface area contributed by atoms with Gasteiger partial charge >= 0.3 is 0 Å². The van der Waals surface area contributed by atoms with Gasteiger partial charge < -0.3 is 5.73 Å². The Labute approximate surface area is 70.4 Å². The molecule has 1 heteroatoms. The lowest BCUT2D eigenvalue weighted by Crippen LogP contribution is -2.24. The molecule has 66 valence electrons. The van der Waals surface area contributed by atoms with Crippen LogP contribution in [0.25, 0.3) is 0 Å². The second-order valence-electron chi connectivity index (χ2n) is 4.33. The van der Waals surface area contributed by atoms with Crippen LogP contribution < -0.4 is 5.73 Å². The first kappa shape index (κ1) is 9.05. The summed E-state index contributed by atoms with van der Waals surface area (Å²) in [4.78, 5) is 0. The van der Waals surface area contributed by atoms with Crippen LogP contribution in [-0.2, 0) is 0 Å². The molecule has 0 aromatic rings. The van der Waals surface area contributed by atoms with E-state index in [4.69, 9.17) is 5.73 Å². The second kappa shape index (κ2) is 4.10. The molecule has 0 amide bonds. The van der Waals surface area contributed by atoms with E-state index in [1.54, 1.807) is 0 Å². The van der Waals surface area contributed by atoms with Gasteiger partial charge in [-0.3, -0.25) is 0 Å². The number of nitrogens with two attached hydrogens (primary N) is 1. The number of rotatable bonds is 3. The van der Waals surface area contributed by atoms with Gasteiger partial charge in [-0.25, -0.2) is 0 Å². The molecule has 1 aliphatic rings. The van der Waals surface area contributed by atoms with Crippen LogP contribution >= 0.6 is 0 Å². The summed E-state index contributed by atoms with van der Waals surface area (Å²) in [5, 5.41) is 0. The molecule has 0 aromatic heterocycles. The smallest absolute Gasteiger partial charge is 0.00671 e. The zero-order chi connectivity index (χ0) is 8.27. The normalized spacial score (nSPS) is 31.6. The molecule has 2 N–H and O–H groups in total. The Kier molecular flexibility index (Phi) is 3.38. The Hall–Kier alpha value is -0.0400. The summed E-state index contributed by atoms with van der Waals surface area (Å²) in [6.07, 6.45) is 6.73. The molecule has 0 aromatic carbocycles. The van der Waals surface area contributed by atoms with Crippen molar-refractivity contribution < 1.29 is 0 Å². The van der Waals surface area contributed by atoms with Crippen LogP contribution in [0.3, 0.4) is 0 Å². The van der Waals surface area contributed by atoms with Crippen molar-refractivity contribution in [2.45, 2.75) is 52.0 Å². The highest BCUT2D eigenvalue weighted by molar-refractivity contribution is 4.79. The van der Waals surface area contributed by atoms with Crippen molar-refractivity contribution in [1.29, 1.82) is 0 Å². The minimum atomic E-state index is 0.522. The first-order valence-corrected chi connectivity index (χ1v) is 4.95. The van der Waals surface area contributed by atoms with Crippen LogP contribution in [0.2, 0.25) is 0 Å². The highest BCUT2D eigenvalue weighted by Gasteiger charge is 2.23. The minimum Gasteiger partial charge on any atom is -0.327 e. The summed E-state index contributed by atoms with van der Waals surface area (Å²) in [5.41, 5.74) is 5.97. The van der Waals surface area contributed by atoms with Crippen molar-refractivity contribution in [3.05, 3.63) is 0 Å². The van der Waals surface area contributed by atoms with E-state index in [0.29, 0.717) is 6.04 Å². The molecule has 0 radical (unpaired) electrons. The van der Waals surface area contributed by atoms with Crippen LogP contribution in [0.1, 0.15) is 46.0 Å². The summed E-state index contributed by atoms with van der Waals surface area (Å²) in [5.74, 6) is 1.69. The lowest BCUT2D eigenvalue weighted by atomic mass is 9.94. The number of hydrogen-bond acceptors (Lipinski definition) is 1. The monoisotopic (exact) mass is 155 g/mol. The summed E-state index contributed by atoms with van der Waals surface area (Å²) >= 11 is 0. The third kappa shape index (κ3) is 2.82. The maximum absolute atomic E-state index is 5.97. The van der Waals surface area contributed by atoms with E-state index in [2.05, 4.69) is 13.8 Å². The predicted octanol–water partition coefficient (Wildman–Crippen LogP) is 2.55. The second-order valence-corrected chi connectivity index (χ2v) is 4.33. The van der Waals surface area contributed by atoms with Gasteiger partial charge in [-0.05, 0) is 31.1 Å². The van der Waals surface area contributed by atoms with Gasteiger partial charge in [-0.15, -0.1) is 0 Å². The Balaban J connectivity index is 2.15. The summed E-state index contributed by atoms with van der Waals surface area (Å²) < 4.78 is 0. The summed E-state index contributed by atoms with van der Waals surface area (Å²) in [6.45, 7) is 4.58. The van der Waals surface area contributed by atoms with Crippen molar-refractivity contribution in [2.24, 2.45) is 17.6 Å². The van der Waals surface area contributed by atoms with E-state index in [1.165, 1.54) is 32.1 Å². The molecule has 0 heterocycles. The molecule has 0 aliphatic heterocycles. The van der Waals surface area contributed by atoms with Crippen LogP contribution in [0, 0.1) is 11.8 Å². The van der Waals surface area contributed by atoms with Crippen LogP contribution in [0.4, 0.5) is 0 Å². The van der Waals surface area contributed by atoms with Gasteiger partial charge in [0.2, 0.25) is 0 Å². The molecular formula is C10H21N. The Morgan fingerprint density at radius 3 is 2.55 bits per heavy atom. The molecule has 0 saturated heterocycles. The third-order valence-electron chi connectivity index (χ3n) is 2.83. The van der Waals surface area contributed by atoms with Crippen molar-refractivity contribution >= 4 is 0 Å². The Morgan fingerprint density at radius 2 is 2.09 bits per heavy atom. The number of hydrogen-bond donors (Lipinski definition) is 1. The lowest BCUT2D eigenvalue weighted by Gasteiger charge is -2.15. The van der Waals surface area contributed by atoms with Gasteiger partial charge in [-0.2, -0.15) is 0 Å². The Morgan fingerprint density at radius 1 is 1.36 bits per heavy atom. The maximum atomic E-state index is 5.97. The zero-order valence-electron chi connectivity index (χ0n) is 7.84. The fraction of sp³-hybridized carbons (Fsp3) is 1.00. The van der Waals surface area contributed by atoms with Gasteiger partial charge in [0.05, 0.1) is 0 Å². The van der Waals surface area contributed by atoms with Gasteiger partial charge in [-0.1, -0.05) is 26.7 Å². The lowest BCUT2D eigenvalue weighted by molar-refractivity contribution is 0.398. The highest BCUT2D eigenvalue weighted by Crippen LogP contribution is 2.28. The molecule has 0 spiro atoms. The van der Waals surface area contributed by atoms with Crippen molar-refractivity contribution in [1.82, 2.24) is 0 Å². The summed E-state index contributed by atoms with van der Waals surface area (Å²) in [7, 11) is 0. The molecule has 1 rings (SSSR count). The predicted molar refractivity (Wildman–Crippen MR) is 49.4 cm³/mol. The highest BCUT2D eigenvalue weighted by atomic mass is 14.7. The molecule has 1 saturated carbocycles. The maximum Gasteiger partial charge on any atom is 0.00671 e. The van der Waals surface area contributed by atoms with E-state index in [9.17, 15) is 0 Å². The SMILES string of the molecule is CC(C)CC[C@H]1CCC[C@H]1N. The van der Waals surface area contributed by atoms with E-state index >= 15 is 0 Å². The van der Waals surface area contributed by atoms with Crippen molar-refractivity contribution in [3.8, 4) is 0 Å². The summed E-state index contributed by atoms with van der Waals surface area (Å²) in [6, 6.07) is 0.522. The van der Waals surface area contributed by atoms with E-state index in [-0.39, 0.29) is 0 Å². The molecular weight excluding hydrogens is 134 g/mol. The Bertz CT molecular complexity index is 109. The first-order chi connectivity index (χ1) is 5.20. The van der Waals surface area contributed by atoms with E-state index < -0.39 is 0 Å². The molecule has 0 bridgehead atoms. The third-order valence-corrected chi connectivity index (χ3v) is 2.83. The molecule has 1 nitrogen and oxygen atoms in total. The van der Waals surface area contributed by atoms with Crippen molar-refractivity contribution in [3.63, 3.8) is 0 Å². The average molecular weight is 155 g/mol. The fourth-order valence-corrected chi connectivity index (χ4v) is 1.97. The van der Waals surface area contributed by atoms with E-state index in [0.717, 1.165) is 11.8 Å². The minimum absolute atomic E-state index is 0.522. The van der Waals surface area contributed by atoms with Crippen LogP contribution in [0.5, 0.6) is 0 Å².